The average molecular weight is 249 g/mol. The van der Waals surface area contributed by atoms with Crippen LogP contribution in [0.2, 0.25) is 0 Å². The van der Waals surface area contributed by atoms with E-state index < -0.39 is 0 Å². The lowest BCUT2D eigenvalue weighted by Crippen LogP contribution is -2.35. The van der Waals surface area contributed by atoms with Gasteiger partial charge in [-0.2, -0.15) is 4.57 Å². The Balaban J connectivity index is 2.33. The third kappa shape index (κ3) is 2.44. The monoisotopic (exact) mass is 249 g/mol. The molecule has 0 saturated heterocycles. The summed E-state index contributed by atoms with van der Waals surface area (Å²) in [4.78, 5) is 10.0. The van der Waals surface area contributed by atoms with Crippen LogP contribution in [-0.4, -0.2) is 17.0 Å². The molecule has 2 aromatic heterocycles. The first-order valence-corrected chi connectivity index (χ1v) is 6.44. The number of hydrogen-bond donors (Lipinski definition) is 1. The summed E-state index contributed by atoms with van der Waals surface area (Å²) in [5, 5.41) is 3.12. The number of aryl methyl sites for hydroxylation is 2. The number of hydrogen-bond acceptors (Lipinski definition) is 4. The van der Waals surface area contributed by atoms with E-state index in [-0.39, 0.29) is 0 Å². The molecule has 0 fully saturated rings. The molecular weight excluding hydrogens is 232 g/mol. The van der Waals surface area contributed by atoms with E-state index in [2.05, 4.69) is 39.2 Å². The Morgan fingerprint density at radius 2 is 2.12 bits per heavy atom. The summed E-state index contributed by atoms with van der Waals surface area (Å²) in [6.07, 6.45) is 1.90. The molecule has 0 amide bonds. The Kier molecular flexibility index (Phi) is 3.38. The fourth-order valence-corrected chi connectivity index (χ4v) is 2.48. The minimum Gasteiger partial charge on any atom is -0.373 e. The second kappa shape index (κ2) is 4.79. The number of nitrogens with zero attached hydrogens (tertiary/aromatic N) is 3. The van der Waals surface area contributed by atoms with Gasteiger partial charge in [0.2, 0.25) is 5.51 Å². The fourth-order valence-electron chi connectivity index (χ4n) is 1.68. The zero-order valence-corrected chi connectivity index (χ0v) is 11.4. The highest BCUT2D eigenvalue weighted by Crippen LogP contribution is 2.13. The van der Waals surface area contributed by atoms with Crippen LogP contribution in [0.4, 0.5) is 5.82 Å². The van der Waals surface area contributed by atoms with Crippen LogP contribution in [0, 0.1) is 20.8 Å². The van der Waals surface area contributed by atoms with E-state index in [4.69, 9.17) is 0 Å². The Hall–Kier alpha value is -1.49. The molecule has 0 radical (unpaired) electrons. The number of rotatable bonds is 3. The quantitative estimate of drug-likeness (QED) is 0.844. The maximum atomic E-state index is 4.39. The minimum atomic E-state index is 0.793. The molecule has 4 nitrogen and oxygen atoms in total. The molecule has 0 aliphatic carbocycles. The van der Waals surface area contributed by atoms with Gasteiger partial charge in [-0.3, -0.25) is 0 Å². The van der Waals surface area contributed by atoms with E-state index in [1.807, 2.05) is 20.2 Å². The van der Waals surface area contributed by atoms with Crippen molar-refractivity contribution >= 4 is 17.2 Å². The van der Waals surface area contributed by atoms with Gasteiger partial charge in [0.15, 0.2) is 12.2 Å². The summed E-state index contributed by atoms with van der Waals surface area (Å²) in [5.41, 5.74) is 4.56. The van der Waals surface area contributed by atoms with Crippen molar-refractivity contribution in [2.24, 2.45) is 0 Å². The van der Waals surface area contributed by atoms with Crippen molar-refractivity contribution in [2.75, 3.05) is 12.4 Å². The highest BCUT2D eigenvalue weighted by atomic mass is 32.1. The van der Waals surface area contributed by atoms with E-state index >= 15 is 0 Å². The van der Waals surface area contributed by atoms with Crippen LogP contribution in [0.5, 0.6) is 0 Å². The van der Waals surface area contributed by atoms with Gasteiger partial charge < -0.3 is 5.32 Å². The van der Waals surface area contributed by atoms with Gasteiger partial charge in [0, 0.05) is 20.2 Å². The van der Waals surface area contributed by atoms with Gasteiger partial charge in [0.05, 0.1) is 10.4 Å². The Bertz CT molecular complexity index is 533. The molecule has 0 saturated carbocycles. The van der Waals surface area contributed by atoms with Crippen LogP contribution in [0.15, 0.2) is 11.7 Å². The molecule has 2 aromatic rings. The zero-order valence-electron chi connectivity index (χ0n) is 10.6. The van der Waals surface area contributed by atoms with Crippen molar-refractivity contribution in [3.63, 3.8) is 0 Å². The maximum Gasteiger partial charge on any atom is 0.225 e. The van der Waals surface area contributed by atoms with Gasteiger partial charge in [-0.05, 0) is 13.8 Å². The van der Waals surface area contributed by atoms with Crippen LogP contribution < -0.4 is 9.88 Å². The van der Waals surface area contributed by atoms with Crippen LogP contribution in [-0.2, 0) is 6.54 Å². The van der Waals surface area contributed by atoms with E-state index in [1.54, 1.807) is 11.3 Å². The molecule has 2 heterocycles. The predicted molar refractivity (Wildman–Crippen MR) is 69.4 cm³/mol. The van der Waals surface area contributed by atoms with Crippen LogP contribution in [0.3, 0.4) is 0 Å². The number of aromatic nitrogens is 3. The molecule has 0 atom stereocenters. The van der Waals surface area contributed by atoms with Crippen molar-refractivity contribution in [3.05, 3.63) is 33.7 Å². The van der Waals surface area contributed by atoms with Gasteiger partial charge in [-0.25, -0.2) is 9.97 Å². The molecule has 2 rings (SSSR count). The summed E-state index contributed by atoms with van der Waals surface area (Å²) in [7, 11) is 1.89. The lowest BCUT2D eigenvalue weighted by molar-refractivity contribution is -0.689. The summed E-state index contributed by atoms with van der Waals surface area (Å²) in [5.74, 6) is 1.70. The normalized spacial score (nSPS) is 10.6. The molecule has 90 valence electrons. The first kappa shape index (κ1) is 12.0. The third-order valence-corrected chi connectivity index (χ3v) is 3.87. The SMILES string of the molecule is CNc1nc(C)ncc1C[n+]1csc(C)c1C. The summed E-state index contributed by atoms with van der Waals surface area (Å²) >= 11 is 1.77. The zero-order chi connectivity index (χ0) is 12.4. The first-order chi connectivity index (χ1) is 8.11. The first-order valence-electron chi connectivity index (χ1n) is 5.56. The topological polar surface area (TPSA) is 41.7 Å². The number of anilines is 1. The summed E-state index contributed by atoms with van der Waals surface area (Å²) in [6, 6.07) is 0. The highest BCUT2D eigenvalue weighted by molar-refractivity contribution is 7.09. The molecular formula is C12H17N4S+. The fraction of sp³-hybridized carbons (Fsp3) is 0.417. The van der Waals surface area contributed by atoms with E-state index in [0.717, 1.165) is 23.8 Å². The largest absolute Gasteiger partial charge is 0.373 e. The number of thiazole rings is 1. The van der Waals surface area contributed by atoms with Crippen molar-refractivity contribution in [3.8, 4) is 0 Å². The Morgan fingerprint density at radius 1 is 1.35 bits per heavy atom. The van der Waals surface area contributed by atoms with E-state index in [0.29, 0.717) is 0 Å². The van der Waals surface area contributed by atoms with E-state index in [1.165, 1.54) is 10.6 Å². The van der Waals surface area contributed by atoms with Crippen LogP contribution >= 0.6 is 11.3 Å². The highest BCUT2D eigenvalue weighted by Gasteiger charge is 2.15. The molecule has 0 bridgehead atoms. The standard InChI is InChI=1S/C12H17N4S/c1-8-9(2)17-7-16(8)6-11-5-14-10(3)15-12(11)13-4/h5,7H,6H2,1-4H3,(H,13,14,15)/q+1. The van der Waals surface area contributed by atoms with Crippen molar-refractivity contribution in [1.29, 1.82) is 0 Å². The van der Waals surface area contributed by atoms with Crippen LogP contribution in [0.1, 0.15) is 22.0 Å². The Morgan fingerprint density at radius 3 is 2.71 bits per heavy atom. The lowest BCUT2D eigenvalue weighted by Gasteiger charge is -2.05. The third-order valence-electron chi connectivity index (χ3n) is 2.86. The van der Waals surface area contributed by atoms with Gasteiger partial charge in [0.25, 0.3) is 0 Å². The van der Waals surface area contributed by atoms with Gasteiger partial charge >= 0.3 is 0 Å². The smallest absolute Gasteiger partial charge is 0.225 e. The molecule has 17 heavy (non-hydrogen) atoms. The van der Waals surface area contributed by atoms with Crippen molar-refractivity contribution in [1.82, 2.24) is 9.97 Å². The van der Waals surface area contributed by atoms with Gasteiger partial charge in [-0.15, -0.1) is 0 Å². The molecule has 0 unspecified atom stereocenters. The van der Waals surface area contributed by atoms with Gasteiger partial charge in [-0.1, -0.05) is 11.3 Å². The van der Waals surface area contributed by atoms with Crippen molar-refractivity contribution < 1.29 is 4.57 Å². The van der Waals surface area contributed by atoms with E-state index in [9.17, 15) is 0 Å². The summed E-state index contributed by atoms with van der Waals surface area (Å²) in [6.45, 7) is 6.99. The predicted octanol–water partition coefficient (Wildman–Crippen LogP) is 1.84. The second-order valence-corrected chi connectivity index (χ2v) is 5.09. The molecule has 5 heteroatoms. The molecule has 0 aliphatic rings. The van der Waals surface area contributed by atoms with Crippen LogP contribution in [0.25, 0.3) is 0 Å². The maximum absolute atomic E-state index is 4.39. The minimum absolute atomic E-state index is 0.793. The lowest BCUT2D eigenvalue weighted by atomic mass is 10.3. The molecule has 0 aromatic carbocycles. The summed E-state index contributed by atoms with van der Waals surface area (Å²) < 4.78 is 2.23. The average Bonchev–Trinajstić information content (AvgIpc) is 2.63. The number of nitrogens with one attached hydrogen (secondary N) is 1. The molecule has 0 spiro atoms. The Labute approximate surface area is 105 Å². The molecule has 0 aliphatic heterocycles. The second-order valence-electron chi connectivity index (χ2n) is 4.03. The van der Waals surface area contributed by atoms with Gasteiger partial charge in [0.1, 0.15) is 11.6 Å². The van der Waals surface area contributed by atoms with Crippen molar-refractivity contribution in [2.45, 2.75) is 27.3 Å². The molecule has 1 N–H and O–H groups in total.